The smallest absolute Gasteiger partial charge is 0.0969 e. The minimum absolute atomic E-state index is 0.332. The average molecular weight is 163 g/mol. The van der Waals surface area contributed by atoms with Crippen LogP contribution >= 0.6 is 0 Å². The van der Waals surface area contributed by atoms with Crippen molar-refractivity contribution in [1.29, 1.82) is 0 Å². The van der Waals surface area contributed by atoms with E-state index in [0.29, 0.717) is 0 Å². The largest absolute Gasteiger partial charge is 0.386 e. The Kier molecular flexibility index (Phi) is 1.67. The summed E-state index contributed by atoms with van der Waals surface area (Å²) in [6.07, 6.45) is 1.38. The Morgan fingerprint density at radius 1 is 1.25 bits per heavy atom. The summed E-state index contributed by atoms with van der Waals surface area (Å²) in [5.41, 5.74) is 6.47. The minimum atomic E-state index is -0.487. The highest BCUT2D eigenvalue weighted by Crippen LogP contribution is 2.43. The van der Waals surface area contributed by atoms with Crippen LogP contribution in [0.4, 0.5) is 0 Å². The van der Waals surface area contributed by atoms with Crippen LogP contribution in [0.3, 0.4) is 0 Å². The number of hydrogen-bond acceptors (Lipinski definition) is 2. The lowest BCUT2D eigenvalue weighted by atomic mass is 10.0. The monoisotopic (exact) mass is 163 g/mol. The van der Waals surface area contributed by atoms with E-state index in [1.807, 2.05) is 30.3 Å². The summed E-state index contributed by atoms with van der Waals surface area (Å²) in [6.45, 7) is 0. The molecule has 2 nitrogen and oxygen atoms in total. The van der Waals surface area contributed by atoms with Gasteiger partial charge in [0.2, 0.25) is 0 Å². The number of nitrogens with two attached hydrogens (primary N) is 1. The molecule has 1 aromatic carbocycles. The molecule has 64 valence electrons. The first-order valence-electron chi connectivity index (χ1n) is 4.24. The van der Waals surface area contributed by atoms with Gasteiger partial charge in [-0.05, 0) is 18.4 Å². The van der Waals surface area contributed by atoms with Gasteiger partial charge in [0.1, 0.15) is 0 Å². The molecule has 3 N–H and O–H groups in total. The van der Waals surface area contributed by atoms with E-state index in [-0.39, 0.29) is 5.54 Å². The van der Waals surface area contributed by atoms with Gasteiger partial charge in [-0.1, -0.05) is 30.3 Å². The molecule has 0 aliphatic heterocycles. The Balaban J connectivity index is 2.20. The van der Waals surface area contributed by atoms with Crippen LogP contribution in [0.1, 0.15) is 24.5 Å². The molecule has 1 aliphatic carbocycles. The molecule has 2 rings (SSSR count). The molecule has 0 saturated heterocycles. The van der Waals surface area contributed by atoms with Crippen LogP contribution in [0.15, 0.2) is 30.3 Å². The fourth-order valence-corrected chi connectivity index (χ4v) is 1.39. The van der Waals surface area contributed by atoms with Gasteiger partial charge in [-0.25, -0.2) is 0 Å². The van der Waals surface area contributed by atoms with Crippen molar-refractivity contribution in [2.45, 2.75) is 24.5 Å². The molecule has 0 amide bonds. The van der Waals surface area contributed by atoms with Crippen molar-refractivity contribution in [3.05, 3.63) is 35.9 Å². The molecule has 1 atom stereocenters. The third kappa shape index (κ3) is 1.24. The van der Waals surface area contributed by atoms with Crippen LogP contribution in [0.2, 0.25) is 0 Å². The van der Waals surface area contributed by atoms with E-state index in [1.54, 1.807) is 0 Å². The molecule has 1 saturated carbocycles. The van der Waals surface area contributed by atoms with Crippen LogP contribution in [0, 0.1) is 0 Å². The van der Waals surface area contributed by atoms with Crippen LogP contribution in [-0.4, -0.2) is 10.6 Å². The van der Waals surface area contributed by atoms with E-state index < -0.39 is 6.10 Å². The summed E-state index contributed by atoms with van der Waals surface area (Å²) in [6, 6.07) is 9.61. The number of aliphatic hydroxyl groups is 1. The first-order chi connectivity index (χ1) is 5.72. The van der Waals surface area contributed by atoms with Gasteiger partial charge in [0.05, 0.1) is 6.10 Å². The summed E-state index contributed by atoms with van der Waals surface area (Å²) >= 11 is 0. The van der Waals surface area contributed by atoms with Gasteiger partial charge in [0.25, 0.3) is 0 Å². The molecule has 2 heteroatoms. The van der Waals surface area contributed by atoms with Gasteiger partial charge in [-0.2, -0.15) is 0 Å². The lowest BCUT2D eigenvalue weighted by Crippen LogP contribution is -2.30. The van der Waals surface area contributed by atoms with E-state index in [2.05, 4.69) is 0 Å². The summed E-state index contributed by atoms with van der Waals surface area (Å²) in [7, 11) is 0. The molecule has 0 spiro atoms. The molecule has 1 unspecified atom stereocenters. The van der Waals surface area contributed by atoms with Gasteiger partial charge in [-0.3, -0.25) is 0 Å². The minimum Gasteiger partial charge on any atom is -0.386 e. The fourth-order valence-electron chi connectivity index (χ4n) is 1.39. The topological polar surface area (TPSA) is 46.2 Å². The molecule has 0 radical (unpaired) electrons. The van der Waals surface area contributed by atoms with Gasteiger partial charge < -0.3 is 10.8 Å². The highest BCUT2D eigenvalue weighted by Gasteiger charge is 2.45. The second-order valence-corrected chi connectivity index (χ2v) is 3.55. The zero-order valence-corrected chi connectivity index (χ0v) is 6.90. The Bertz CT molecular complexity index is 266. The third-order valence-corrected chi connectivity index (χ3v) is 2.49. The second kappa shape index (κ2) is 2.57. The number of aliphatic hydroxyl groups excluding tert-OH is 1. The first kappa shape index (κ1) is 7.77. The van der Waals surface area contributed by atoms with E-state index in [9.17, 15) is 5.11 Å². The van der Waals surface area contributed by atoms with Gasteiger partial charge in [-0.15, -0.1) is 0 Å². The van der Waals surface area contributed by atoms with Crippen molar-refractivity contribution >= 4 is 0 Å². The molecule has 12 heavy (non-hydrogen) atoms. The first-order valence-corrected chi connectivity index (χ1v) is 4.24. The summed E-state index contributed by atoms with van der Waals surface area (Å²) in [4.78, 5) is 0. The standard InChI is InChI=1S/C10H13NO/c11-10(6-7-10)9(12)8-4-2-1-3-5-8/h1-5,9,12H,6-7,11H2. The number of rotatable bonds is 2. The Morgan fingerprint density at radius 3 is 2.33 bits per heavy atom. The van der Waals surface area contributed by atoms with Crippen molar-refractivity contribution in [1.82, 2.24) is 0 Å². The van der Waals surface area contributed by atoms with Crippen molar-refractivity contribution in [3.63, 3.8) is 0 Å². The maximum atomic E-state index is 9.79. The molecule has 1 fully saturated rings. The molecule has 0 heterocycles. The summed E-state index contributed by atoms with van der Waals surface area (Å²) < 4.78 is 0. The van der Waals surface area contributed by atoms with Crippen LogP contribution in [0.25, 0.3) is 0 Å². The van der Waals surface area contributed by atoms with Gasteiger partial charge in [0.15, 0.2) is 0 Å². The summed E-state index contributed by atoms with van der Waals surface area (Å²) in [5, 5.41) is 9.79. The third-order valence-electron chi connectivity index (χ3n) is 2.49. The Labute approximate surface area is 72.0 Å². The number of benzene rings is 1. The van der Waals surface area contributed by atoms with Crippen LogP contribution in [0.5, 0.6) is 0 Å². The quantitative estimate of drug-likeness (QED) is 0.688. The average Bonchev–Trinajstić information content (AvgIpc) is 2.85. The molecule has 1 aliphatic rings. The zero-order chi connectivity index (χ0) is 8.60. The fraction of sp³-hybridized carbons (Fsp3) is 0.400. The van der Waals surface area contributed by atoms with Gasteiger partial charge in [0, 0.05) is 5.54 Å². The highest BCUT2D eigenvalue weighted by molar-refractivity contribution is 5.24. The zero-order valence-electron chi connectivity index (χ0n) is 6.90. The van der Waals surface area contributed by atoms with Crippen molar-refractivity contribution in [2.75, 3.05) is 0 Å². The number of hydrogen-bond donors (Lipinski definition) is 2. The van der Waals surface area contributed by atoms with E-state index >= 15 is 0 Å². The summed E-state index contributed by atoms with van der Waals surface area (Å²) in [5.74, 6) is 0. The Morgan fingerprint density at radius 2 is 1.83 bits per heavy atom. The molecular formula is C10H13NO. The predicted molar refractivity (Wildman–Crippen MR) is 47.6 cm³/mol. The van der Waals surface area contributed by atoms with E-state index in [0.717, 1.165) is 18.4 Å². The van der Waals surface area contributed by atoms with E-state index in [1.165, 1.54) is 0 Å². The van der Waals surface area contributed by atoms with Crippen LogP contribution in [-0.2, 0) is 0 Å². The lowest BCUT2D eigenvalue weighted by molar-refractivity contribution is 0.136. The van der Waals surface area contributed by atoms with Crippen molar-refractivity contribution in [2.24, 2.45) is 5.73 Å². The van der Waals surface area contributed by atoms with E-state index in [4.69, 9.17) is 5.73 Å². The van der Waals surface area contributed by atoms with Crippen molar-refractivity contribution in [3.8, 4) is 0 Å². The lowest BCUT2D eigenvalue weighted by Gasteiger charge is -2.17. The Hall–Kier alpha value is -0.860. The highest BCUT2D eigenvalue weighted by atomic mass is 16.3. The predicted octanol–water partition coefficient (Wildman–Crippen LogP) is 1.21. The molecule has 0 bridgehead atoms. The SMILES string of the molecule is NC1(C(O)c2ccccc2)CC1. The molecular weight excluding hydrogens is 150 g/mol. The second-order valence-electron chi connectivity index (χ2n) is 3.55. The van der Waals surface area contributed by atoms with Gasteiger partial charge >= 0.3 is 0 Å². The maximum absolute atomic E-state index is 9.79. The normalized spacial score (nSPS) is 21.8. The molecule has 1 aromatic rings. The van der Waals surface area contributed by atoms with Crippen LogP contribution < -0.4 is 5.73 Å². The molecule has 0 aromatic heterocycles. The maximum Gasteiger partial charge on any atom is 0.0969 e. The van der Waals surface area contributed by atoms with Crippen molar-refractivity contribution < 1.29 is 5.11 Å².